The second-order valence-electron chi connectivity index (χ2n) is 5.02. The van der Waals surface area contributed by atoms with Crippen LogP contribution in [0.4, 0.5) is 0 Å². The van der Waals surface area contributed by atoms with Gasteiger partial charge >= 0.3 is 0 Å². The van der Waals surface area contributed by atoms with Gasteiger partial charge in [-0.2, -0.15) is 0 Å². The van der Waals surface area contributed by atoms with Crippen LogP contribution in [-0.2, 0) is 13.1 Å². The summed E-state index contributed by atoms with van der Waals surface area (Å²) in [6.07, 6.45) is 7.01. The average Bonchev–Trinajstić information content (AvgIpc) is 2.88. The van der Waals surface area contributed by atoms with Crippen LogP contribution in [0.1, 0.15) is 38.8 Å². The van der Waals surface area contributed by atoms with Crippen LogP contribution >= 0.6 is 0 Å². The number of rotatable bonds is 5. The highest BCUT2D eigenvalue weighted by atomic mass is 16.3. The first kappa shape index (κ1) is 12.6. The lowest BCUT2D eigenvalue weighted by molar-refractivity contribution is 0.129. The predicted octanol–water partition coefficient (Wildman–Crippen LogP) is 1.64. The van der Waals surface area contributed by atoms with Crippen molar-refractivity contribution in [3.8, 4) is 0 Å². The van der Waals surface area contributed by atoms with Gasteiger partial charge in [-0.3, -0.25) is 4.90 Å². The number of likely N-dealkylation sites (tertiary alicyclic amines) is 1. The van der Waals surface area contributed by atoms with Gasteiger partial charge in [0.25, 0.3) is 0 Å². The number of nitrogens with zero attached hydrogens (tertiary/aromatic N) is 3. The molecule has 0 bridgehead atoms. The normalized spacial score (nSPS) is 23.1. The van der Waals surface area contributed by atoms with E-state index in [1.165, 1.54) is 18.5 Å². The summed E-state index contributed by atoms with van der Waals surface area (Å²) in [6, 6.07) is 0.537. The van der Waals surface area contributed by atoms with Gasteiger partial charge in [0.1, 0.15) is 0 Å². The highest BCUT2D eigenvalue weighted by molar-refractivity contribution is 4.99. The molecular weight excluding hydrogens is 214 g/mol. The summed E-state index contributed by atoms with van der Waals surface area (Å²) in [6.45, 7) is 7.11. The Morgan fingerprint density at radius 2 is 2.41 bits per heavy atom. The van der Waals surface area contributed by atoms with Crippen LogP contribution in [0.2, 0.25) is 0 Å². The number of aryl methyl sites for hydroxylation is 1. The molecule has 1 fully saturated rings. The third-order valence-corrected chi connectivity index (χ3v) is 3.62. The first-order valence-electron chi connectivity index (χ1n) is 6.61. The lowest BCUT2D eigenvalue weighted by atomic mass is 10.1. The fraction of sp³-hybridized carbons (Fsp3) is 0.769. The Morgan fingerprint density at radius 3 is 3.12 bits per heavy atom. The molecule has 2 rings (SSSR count). The monoisotopic (exact) mass is 237 g/mol. The van der Waals surface area contributed by atoms with Crippen LogP contribution in [0.5, 0.6) is 0 Å². The van der Waals surface area contributed by atoms with Crippen molar-refractivity contribution in [1.29, 1.82) is 0 Å². The number of imidazole rings is 1. The highest BCUT2D eigenvalue weighted by Crippen LogP contribution is 2.23. The number of aliphatic hydroxyl groups is 1. The Balaban J connectivity index is 1.97. The van der Waals surface area contributed by atoms with Gasteiger partial charge in [-0.05, 0) is 39.7 Å². The molecule has 0 aromatic carbocycles. The van der Waals surface area contributed by atoms with Crippen LogP contribution < -0.4 is 0 Å². The van der Waals surface area contributed by atoms with Crippen molar-refractivity contribution in [2.45, 2.75) is 58.3 Å². The van der Waals surface area contributed by atoms with Crippen molar-refractivity contribution in [2.24, 2.45) is 0 Å². The van der Waals surface area contributed by atoms with E-state index >= 15 is 0 Å². The Hall–Kier alpha value is -0.870. The number of hydrogen-bond acceptors (Lipinski definition) is 3. The fourth-order valence-corrected chi connectivity index (χ4v) is 2.74. The maximum absolute atomic E-state index is 9.51. The van der Waals surface area contributed by atoms with E-state index < -0.39 is 0 Å². The Bertz CT molecular complexity index is 348. The molecule has 0 spiro atoms. The van der Waals surface area contributed by atoms with E-state index in [1.807, 2.05) is 19.4 Å². The first-order valence-corrected chi connectivity index (χ1v) is 6.61. The zero-order valence-electron chi connectivity index (χ0n) is 10.8. The van der Waals surface area contributed by atoms with Crippen molar-refractivity contribution in [3.63, 3.8) is 0 Å². The molecule has 0 saturated carbocycles. The average molecular weight is 237 g/mol. The molecule has 4 heteroatoms. The second-order valence-corrected chi connectivity index (χ2v) is 5.02. The van der Waals surface area contributed by atoms with Gasteiger partial charge in [0, 0.05) is 25.3 Å². The van der Waals surface area contributed by atoms with Gasteiger partial charge in [-0.1, -0.05) is 0 Å². The third-order valence-electron chi connectivity index (χ3n) is 3.62. The minimum Gasteiger partial charge on any atom is -0.393 e. The van der Waals surface area contributed by atoms with E-state index in [0.717, 1.165) is 26.1 Å². The van der Waals surface area contributed by atoms with E-state index in [-0.39, 0.29) is 6.10 Å². The molecule has 1 saturated heterocycles. The topological polar surface area (TPSA) is 41.3 Å². The van der Waals surface area contributed by atoms with Crippen LogP contribution in [0, 0.1) is 0 Å². The molecule has 0 amide bonds. The van der Waals surface area contributed by atoms with E-state index in [4.69, 9.17) is 0 Å². The van der Waals surface area contributed by atoms with Crippen molar-refractivity contribution >= 4 is 0 Å². The van der Waals surface area contributed by atoms with Crippen molar-refractivity contribution < 1.29 is 5.11 Å². The zero-order chi connectivity index (χ0) is 12.3. The smallest absolute Gasteiger partial charge is 0.0948 e. The van der Waals surface area contributed by atoms with Crippen LogP contribution in [0.15, 0.2) is 12.5 Å². The fourth-order valence-electron chi connectivity index (χ4n) is 2.74. The summed E-state index contributed by atoms with van der Waals surface area (Å²) in [5.41, 5.74) is 1.28. The standard InChI is InChI=1S/C13H23N3O/c1-3-15-10-14-8-13(15)9-16-6-4-5-12(16)7-11(2)17/h8,10-12,17H,3-7,9H2,1-2H3. The number of aromatic nitrogens is 2. The van der Waals surface area contributed by atoms with Gasteiger partial charge < -0.3 is 9.67 Å². The molecule has 0 radical (unpaired) electrons. The lowest BCUT2D eigenvalue weighted by Crippen LogP contribution is -2.32. The quantitative estimate of drug-likeness (QED) is 0.846. The summed E-state index contributed by atoms with van der Waals surface area (Å²) in [5, 5.41) is 9.51. The molecule has 96 valence electrons. The molecule has 1 aliphatic heterocycles. The number of hydrogen-bond donors (Lipinski definition) is 1. The van der Waals surface area contributed by atoms with E-state index in [2.05, 4.69) is 21.4 Å². The third kappa shape index (κ3) is 3.07. The SMILES string of the molecule is CCn1cncc1CN1CCCC1CC(C)O. The molecule has 1 aromatic rings. The van der Waals surface area contributed by atoms with Crippen LogP contribution in [0.25, 0.3) is 0 Å². The van der Waals surface area contributed by atoms with E-state index in [0.29, 0.717) is 6.04 Å². The maximum atomic E-state index is 9.51. The Morgan fingerprint density at radius 1 is 1.59 bits per heavy atom. The highest BCUT2D eigenvalue weighted by Gasteiger charge is 2.26. The summed E-state index contributed by atoms with van der Waals surface area (Å²) in [4.78, 5) is 6.69. The van der Waals surface area contributed by atoms with Crippen molar-refractivity contribution in [2.75, 3.05) is 6.54 Å². The lowest BCUT2D eigenvalue weighted by Gasteiger charge is -2.25. The molecule has 2 heterocycles. The van der Waals surface area contributed by atoms with Crippen LogP contribution in [0.3, 0.4) is 0 Å². The molecule has 1 N–H and O–H groups in total. The second kappa shape index (κ2) is 5.65. The van der Waals surface area contributed by atoms with E-state index in [9.17, 15) is 5.11 Å². The van der Waals surface area contributed by atoms with E-state index in [1.54, 1.807) is 0 Å². The van der Waals surface area contributed by atoms with Gasteiger partial charge in [-0.25, -0.2) is 4.98 Å². The Kier molecular flexibility index (Phi) is 4.18. The number of aliphatic hydroxyl groups excluding tert-OH is 1. The zero-order valence-corrected chi connectivity index (χ0v) is 10.8. The van der Waals surface area contributed by atoms with Gasteiger partial charge in [-0.15, -0.1) is 0 Å². The molecule has 17 heavy (non-hydrogen) atoms. The van der Waals surface area contributed by atoms with Gasteiger partial charge in [0.15, 0.2) is 0 Å². The molecule has 2 atom stereocenters. The first-order chi connectivity index (χ1) is 8.20. The Labute approximate surface area is 103 Å². The van der Waals surface area contributed by atoms with Crippen molar-refractivity contribution in [1.82, 2.24) is 14.5 Å². The molecular formula is C13H23N3O. The largest absolute Gasteiger partial charge is 0.393 e. The maximum Gasteiger partial charge on any atom is 0.0948 e. The predicted molar refractivity (Wildman–Crippen MR) is 67.6 cm³/mol. The van der Waals surface area contributed by atoms with Crippen molar-refractivity contribution in [3.05, 3.63) is 18.2 Å². The van der Waals surface area contributed by atoms with Gasteiger partial charge in [0.2, 0.25) is 0 Å². The summed E-state index contributed by atoms with van der Waals surface area (Å²) in [5.74, 6) is 0. The summed E-state index contributed by atoms with van der Waals surface area (Å²) < 4.78 is 2.19. The molecule has 1 aromatic heterocycles. The minimum atomic E-state index is -0.198. The van der Waals surface area contributed by atoms with Crippen LogP contribution in [-0.4, -0.2) is 38.2 Å². The molecule has 1 aliphatic rings. The minimum absolute atomic E-state index is 0.198. The molecule has 0 aliphatic carbocycles. The molecule has 4 nitrogen and oxygen atoms in total. The molecule has 2 unspecified atom stereocenters. The van der Waals surface area contributed by atoms with Gasteiger partial charge in [0.05, 0.1) is 18.1 Å². The summed E-state index contributed by atoms with van der Waals surface area (Å²) in [7, 11) is 0. The summed E-state index contributed by atoms with van der Waals surface area (Å²) >= 11 is 0.